The molecule has 0 radical (unpaired) electrons. The van der Waals surface area contributed by atoms with Crippen LogP contribution in [0.25, 0.3) is 0 Å². The third-order valence-corrected chi connectivity index (χ3v) is 4.23. The number of carbonyl (C=O) groups excluding carboxylic acids is 1. The molecule has 0 unspecified atom stereocenters. The van der Waals surface area contributed by atoms with E-state index in [1.807, 2.05) is 18.2 Å². The molecule has 18 heavy (non-hydrogen) atoms. The van der Waals surface area contributed by atoms with Gasteiger partial charge in [-0.3, -0.25) is 0 Å². The van der Waals surface area contributed by atoms with Crippen molar-refractivity contribution < 1.29 is 24.7 Å². The third kappa shape index (κ3) is 2.54. The van der Waals surface area contributed by atoms with E-state index >= 15 is 0 Å². The molecule has 1 aromatic rings. The molecular formula is C12H15NO4S. The maximum atomic E-state index is 10.8. The van der Waals surface area contributed by atoms with Gasteiger partial charge in [0.05, 0.1) is 25.5 Å². The summed E-state index contributed by atoms with van der Waals surface area (Å²) in [5.41, 5.74) is 0.936. The second kappa shape index (κ2) is 5.49. The lowest BCUT2D eigenvalue weighted by molar-refractivity contribution is -0.690. The largest absolute Gasteiger partial charge is 0.544 e. The molecule has 1 fully saturated rings. The molecule has 2 N–H and O–H groups in total. The quantitative estimate of drug-likeness (QED) is 0.769. The number of aliphatic carboxylic acids is 1. The number of carboxylic acids is 1. The van der Waals surface area contributed by atoms with Gasteiger partial charge >= 0.3 is 0 Å². The molecule has 0 spiro atoms. The highest BCUT2D eigenvalue weighted by atomic mass is 32.2. The molecule has 2 atom stereocenters. The van der Waals surface area contributed by atoms with Gasteiger partial charge in [-0.1, -0.05) is 11.8 Å². The molecule has 0 aromatic heterocycles. The summed E-state index contributed by atoms with van der Waals surface area (Å²) in [4.78, 5) is 10.8. The van der Waals surface area contributed by atoms with Crippen LogP contribution in [0.15, 0.2) is 18.2 Å². The van der Waals surface area contributed by atoms with Gasteiger partial charge in [0.25, 0.3) is 0 Å². The van der Waals surface area contributed by atoms with Crippen LogP contribution in [0.1, 0.15) is 10.9 Å². The fourth-order valence-corrected chi connectivity index (χ4v) is 3.26. The van der Waals surface area contributed by atoms with Crippen molar-refractivity contribution in [3.05, 3.63) is 23.8 Å². The number of quaternary nitrogens is 1. The molecule has 1 saturated heterocycles. The van der Waals surface area contributed by atoms with Gasteiger partial charge in [-0.2, -0.15) is 0 Å². The lowest BCUT2D eigenvalue weighted by atomic mass is 10.1. The van der Waals surface area contributed by atoms with Gasteiger partial charge in [0, 0.05) is 0 Å². The van der Waals surface area contributed by atoms with Gasteiger partial charge < -0.3 is 24.7 Å². The first-order chi connectivity index (χ1) is 8.65. The van der Waals surface area contributed by atoms with Crippen LogP contribution >= 0.6 is 11.8 Å². The van der Waals surface area contributed by atoms with E-state index in [2.05, 4.69) is 0 Å². The second-order valence-corrected chi connectivity index (χ2v) is 5.15. The molecule has 6 heteroatoms. The van der Waals surface area contributed by atoms with Gasteiger partial charge in [-0.25, -0.2) is 0 Å². The first-order valence-electron chi connectivity index (χ1n) is 5.55. The van der Waals surface area contributed by atoms with Crippen molar-refractivity contribution in [3.8, 4) is 11.5 Å². The molecule has 0 saturated carbocycles. The van der Waals surface area contributed by atoms with Crippen molar-refractivity contribution in [1.29, 1.82) is 0 Å². The van der Waals surface area contributed by atoms with Crippen LogP contribution in [0.3, 0.4) is 0 Å². The number of ether oxygens (including phenoxy) is 2. The Labute approximate surface area is 109 Å². The van der Waals surface area contributed by atoms with E-state index in [-0.39, 0.29) is 5.37 Å². The lowest BCUT2D eigenvalue weighted by Gasteiger charge is -2.15. The Bertz CT molecular complexity index is 452. The van der Waals surface area contributed by atoms with E-state index in [0.29, 0.717) is 5.75 Å². The second-order valence-electron chi connectivity index (χ2n) is 3.98. The Hall–Kier alpha value is -1.40. The predicted octanol–water partition coefficient (Wildman–Crippen LogP) is -0.869. The summed E-state index contributed by atoms with van der Waals surface area (Å²) in [6.07, 6.45) is 0. The first-order valence-corrected chi connectivity index (χ1v) is 6.60. The summed E-state index contributed by atoms with van der Waals surface area (Å²) in [5, 5.41) is 12.6. The van der Waals surface area contributed by atoms with Crippen LogP contribution in [0.5, 0.6) is 11.5 Å². The normalized spacial score (nSPS) is 22.8. The van der Waals surface area contributed by atoms with E-state index < -0.39 is 12.0 Å². The number of methoxy groups -OCH3 is 2. The van der Waals surface area contributed by atoms with Gasteiger partial charge in [0.15, 0.2) is 5.37 Å². The predicted molar refractivity (Wildman–Crippen MR) is 65.5 cm³/mol. The van der Waals surface area contributed by atoms with Crippen LogP contribution in [-0.2, 0) is 4.79 Å². The number of carboxylic acid groups (broad SMARTS) is 1. The first kappa shape index (κ1) is 13.0. The average Bonchev–Trinajstić information content (AvgIpc) is 2.87. The molecule has 1 heterocycles. The minimum atomic E-state index is -1.02. The lowest BCUT2D eigenvalue weighted by Crippen LogP contribution is -2.90. The zero-order valence-corrected chi connectivity index (χ0v) is 11.0. The topological polar surface area (TPSA) is 75.2 Å². The molecule has 98 valence electrons. The zero-order valence-electron chi connectivity index (χ0n) is 10.2. The summed E-state index contributed by atoms with van der Waals surface area (Å²) in [6, 6.07) is 5.02. The summed E-state index contributed by atoms with van der Waals surface area (Å²) in [7, 11) is 3.20. The molecule has 0 bridgehead atoms. The molecule has 1 aliphatic rings. The number of hydrogen-bond acceptors (Lipinski definition) is 5. The minimum Gasteiger partial charge on any atom is -0.544 e. The molecule has 0 amide bonds. The fourth-order valence-electron chi connectivity index (χ4n) is 1.93. The zero-order chi connectivity index (χ0) is 13.1. The van der Waals surface area contributed by atoms with E-state index in [1.54, 1.807) is 31.3 Å². The smallest absolute Gasteiger partial charge is 0.163 e. The standard InChI is InChI=1S/C12H15NO4S/c1-16-7-3-4-10(17-2)8(5-7)11-13-9(6-18-11)12(14)15/h3-5,9,11,13H,6H2,1-2H3,(H,14,15)/t9-,11-/m0/s1. The van der Waals surface area contributed by atoms with E-state index in [0.717, 1.165) is 17.1 Å². The Morgan fingerprint density at radius 1 is 1.44 bits per heavy atom. The SMILES string of the molecule is COc1ccc(OC)c([C@H]2[NH2+][C@H](C(=O)[O-])CS2)c1. The summed E-state index contributed by atoms with van der Waals surface area (Å²) in [5.74, 6) is 0.986. The van der Waals surface area contributed by atoms with Crippen LogP contribution in [0.2, 0.25) is 0 Å². The highest BCUT2D eigenvalue weighted by Gasteiger charge is 2.32. The van der Waals surface area contributed by atoms with Crippen molar-refractivity contribution in [2.45, 2.75) is 11.4 Å². The number of nitrogens with two attached hydrogens (primary N) is 1. The van der Waals surface area contributed by atoms with Crippen molar-refractivity contribution in [2.75, 3.05) is 20.0 Å². The van der Waals surface area contributed by atoms with Crippen LogP contribution in [0, 0.1) is 0 Å². The number of rotatable bonds is 4. The molecule has 1 aliphatic heterocycles. The number of benzene rings is 1. The fraction of sp³-hybridized carbons (Fsp3) is 0.417. The van der Waals surface area contributed by atoms with Crippen molar-refractivity contribution in [3.63, 3.8) is 0 Å². The Kier molecular flexibility index (Phi) is 3.98. The van der Waals surface area contributed by atoms with E-state index in [9.17, 15) is 9.90 Å². The maximum absolute atomic E-state index is 10.8. The highest BCUT2D eigenvalue weighted by Crippen LogP contribution is 2.35. The highest BCUT2D eigenvalue weighted by molar-refractivity contribution is 7.99. The van der Waals surface area contributed by atoms with Crippen molar-refractivity contribution >= 4 is 17.7 Å². The van der Waals surface area contributed by atoms with Gasteiger partial charge in [0.2, 0.25) is 0 Å². The van der Waals surface area contributed by atoms with Crippen LogP contribution < -0.4 is 19.9 Å². The molecule has 1 aromatic carbocycles. The monoisotopic (exact) mass is 269 g/mol. The molecular weight excluding hydrogens is 254 g/mol. The molecule has 5 nitrogen and oxygen atoms in total. The number of carbonyl (C=O) groups is 1. The maximum Gasteiger partial charge on any atom is 0.163 e. The number of thioether (sulfide) groups is 1. The van der Waals surface area contributed by atoms with Crippen LogP contribution in [-0.4, -0.2) is 32.0 Å². The summed E-state index contributed by atoms with van der Waals surface area (Å²) in [6.45, 7) is 0. The van der Waals surface area contributed by atoms with E-state index in [4.69, 9.17) is 9.47 Å². The van der Waals surface area contributed by atoms with Gasteiger partial charge in [-0.05, 0) is 18.2 Å². The van der Waals surface area contributed by atoms with E-state index in [1.165, 1.54) is 0 Å². The third-order valence-electron chi connectivity index (χ3n) is 2.91. The van der Waals surface area contributed by atoms with Crippen LogP contribution in [0.4, 0.5) is 0 Å². The summed E-state index contributed by atoms with van der Waals surface area (Å²) >= 11 is 1.57. The Balaban J connectivity index is 2.24. The van der Waals surface area contributed by atoms with Gasteiger partial charge in [0.1, 0.15) is 23.5 Å². The Morgan fingerprint density at radius 2 is 2.22 bits per heavy atom. The van der Waals surface area contributed by atoms with Crippen molar-refractivity contribution in [1.82, 2.24) is 0 Å². The van der Waals surface area contributed by atoms with Gasteiger partial charge in [-0.15, -0.1) is 0 Å². The minimum absolute atomic E-state index is 0.00190. The average molecular weight is 269 g/mol. The van der Waals surface area contributed by atoms with Crippen molar-refractivity contribution in [2.24, 2.45) is 0 Å². The Morgan fingerprint density at radius 3 is 2.78 bits per heavy atom. The number of hydrogen-bond donors (Lipinski definition) is 1. The summed E-state index contributed by atoms with van der Waals surface area (Å²) < 4.78 is 10.5. The molecule has 2 rings (SSSR count). The molecule has 0 aliphatic carbocycles.